The van der Waals surface area contributed by atoms with Crippen LogP contribution in [0.1, 0.15) is 11.1 Å². The minimum absolute atomic E-state index is 0.00805. The molecule has 0 N–H and O–H groups in total. The number of amides is 2. The zero-order valence-corrected chi connectivity index (χ0v) is 20.5. The monoisotopic (exact) mass is 592 g/mol. The molecule has 3 aromatic carbocycles. The van der Waals surface area contributed by atoms with Crippen molar-refractivity contribution in [3.05, 3.63) is 101 Å². The van der Waals surface area contributed by atoms with Gasteiger partial charge in [0.1, 0.15) is 12.4 Å². The summed E-state index contributed by atoms with van der Waals surface area (Å²) in [4.78, 5) is 37.1. The Morgan fingerprint density at radius 1 is 1.09 bits per heavy atom. The number of carbonyl (C=O) groups is 2. The number of non-ortho nitro benzene ring substituents is 1. The molecule has 2 amide bonds. The number of ether oxygens (including phenoxy) is 1. The highest BCUT2D eigenvalue weighted by atomic mass is 127. The van der Waals surface area contributed by atoms with Crippen LogP contribution in [0.3, 0.4) is 0 Å². The largest absolute Gasteiger partial charge is 0.488 e. The lowest BCUT2D eigenvalue weighted by Crippen LogP contribution is -2.27. The summed E-state index contributed by atoms with van der Waals surface area (Å²) in [7, 11) is 0. The lowest BCUT2D eigenvalue weighted by atomic mass is 10.2. The molecule has 0 saturated carbocycles. The van der Waals surface area contributed by atoms with Crippen molar-refractivity contribution < 1.29 is 19.2 Å². The quantitative estimate of drug-likeness (QED) is 0.137. The van der Waals surface area contributed by atoms with Crippen molar-refractivity contribution in [3.63, 3.8) is 0 Å². The lowest BCUT2D eigenvalue weighted by Gasteiger charge is -2.12. The van der Waals surface area contributed by atoms with Crippen LogP contribution in [0.25, 0.3) is 6.08 Å². The van der Waals surface area contributed by atoms with E-state index in [1.807, 2.05) is 6.07 Å². The number of hydrogen-bond acceptors (Lipinski definition) is 6. The molecule has 166 valence electrons. The van der Waals surface area contributed by atoms with Crippen LogP contribution in [-0.4, -0.2) is 16.1 Å². The zero-order valence-electron chi connectivity index (χ0n) is 16.7. The van der Waals surface area contributed by atoms with E-state index in [2.05, 4.69) is 22.6 Å². The molecule has 0 aliphatic carbocycles. The van der Waals surface area contributed by atoms with E-state index in [-0.39, 0.29) is 17.5 Å². The molecule has 0 radical (unpaired) electrons. The van der Waals surface area contributed by atoms with Crippen LogP contribution in [0.4, 0.5) is 16.2 Å². The first kappa shape index (κ1) is 23.3. The maximum absolute atomic E-state index is 12.8. The van der Waals surface area contributed by atoms with E-state index >= 15 is 0 Å². The summed E-state index contributed by atoms with van der Waals surface area (Å²) in [6, 6.07) is 18.1. The number of rotatable bonds is 6. The fourth-order valence-corrected chi connectivity index (χ4v) is 4.74. The van der Waals surface area contributed by atoms with Gasteiger partial charge in [0.25, 0.3) is 16.8 Å². The minimum atomic E-state index is -0.448. The number of carbonyl (C=O) groups excluding carboxylic acids is 2. The van der Waals surface area contributed by atoms with Gasteiger partial charge in [0.05, 0.1) is 19.1 Å². The first-order chi connectivity index (χ1) is 15.8. The Kier molecular flexibility index (Phi) is 7.01. The molecule has 1 fully saturated rings. The van der Waals surface area contributed by atoms with Gasteiger partial charge in [-0.25, -0.2) is 4.90 Å². The van der Waals surface area contributed by atoms with Gasteiger partial charge in [-0.15, -0.1) is 0 Å². The Labute approximate surface area is 211 Å². The Morgan fingerprint density at radius 2 is 1.85 bits per heavy atom. The third kappa shape index (κ3) is 5.37. The van der Waals surface area contributed by atoms with Crippen molar-refractivity contribution in [3.8, 4) is 5.75 Å². The number of hydrogen-bond donors (Lipinski definition) is 0. The second kappa shape index (κ2) is 9.94. The summed E-state index contributed by atoms with van der Waals surface area (Å²) in [5, 5.41) is 11.1. The molecule has 1 aliphatic rings. The highest BCUT2D eigenvalue weighted by Gasteiger charge is 2.36. The standard InChI is InChI=1S/C23H14ClIN2O5S/c24-16-5-7-17(8-6-16)26-22(28)21(33-23(26)29)12-14-4-9-20(19(25)11-14)32-13-15-2-1-3-18(10-15)27(30)31/h1-12H,13H2/b21-12+. The molecule has 1 heterocycles. The number of anilines is 1. The number of imide groups is 1. The fraction of sp³-hybridized carbons (Fsp3) is 0.0435. The van der Waals surface area contributed by atoms with Crippen molar-refractivity contribution in [2.75, 3.05) is 4.90 Å². The van der Waals surface area contributed by atoms with Crippen LogP contribution in [0.5, 0.6) is 5.75 Å². The molecular formula is C23H14ClIN2O5S. The first-order valence-corrected chi connectivity index (χ1v) is 11.8. The van der Waals surface area contributed by atoms with Crippen molar-refractivity contribution in [1.82, 2.24) is 0 Å². The third-order valence-electron chi connectivity index (χ3n) is 4.65. The molecule has 0 aromatic heterocycles. The Hall–Kier alpha value is -2.89. The number of nitrogens with zero attached hydrogens (tertiary/aromatic N) is 2. The van der Waals surface area contributed by atoms with Crippen LogP contribution in [0.15, 0.2) is 71.6 Å². The number of nitro benzene ring substituents is 1. The molecule has 0 spiro atoms. The summed E-state index contributed by atoms with van der Waals surface area (Å²) in [6.07, 6.45) is 1.66. The van der Waals surface area contributed by atoms with Crippen molar-refractivity contribution in [1.29, 1.82) is 0 Å². The van der Waals surface area contributed by atoms with Gasteiger partial charge in [-0.1, -0.05) is 29.8 Å². The van der Waals surface area contributed by atoms with Crippen molar-refractivity contribution in [2.45, 2.75) is 6.61 Å². The highest BCUT2D eigenvalue weighted by Crippen LogP contribution is 2.36. The van der Waals surface area contributed by atoms with E-state index in [0.29, 0.717) is 26.9 Å². The normalized spacial score (nSPS) is 14.7. The molecule has 0 atom stereocenters. The molecule has 0 unspecified atom stereocenters. The zero-order chi connectivity index (χ0) is 23.5. The molecule has 1 saturated heterocycles. The molecule has 33 heavy (non-hydrogen) atoms. The molecule has 10 heteroatoms. The van der Waals surface area contributed by atoms with Crippen LogP contribution >= 0.6 is 46.0 Å². The van der Waals surface area contributed by atoms with Crippen molar-refractivity contribution >= 4 is 74.6 Å². The molecule has 3 aromatic rings. The summed E-state index contributed by atoms with van der Waals surface area (Å²) in [5.74, 6) is 0.210. The summed E-state index contributed by atoms with van der Waals surface area (Å²) < 4.78 is 6.60. The SMILES string of the molecule is O=C1S/C(=C/c2ccc(OCc3cccc([N+](=O)[O-])c3)c(I)c2)C(=O)N1c1ccc(Cl)cc1. The second-order valence-corrected chi connectivity index (χ2v) is 9.49. The van der Waals surface area contributed by atoms with E-state index < -0.39 is 10.8 Å². The average Bonchev–Trinajstić information content (AvgIpc) is 3.07. The molecule has 0 bridgehead atoms. The van der Waals surface area contributed by atoms with Gasteiger partial charge < -0.3 is 4.74 Å². The molecule has 1 aliphatic heterocycles. The van der Waals surface area contributed by atoms with Gasteiger partial charge in [-0.05, 0) is 88.0 Å². The first-order valence-electron chi connectivity index (χ1n) is 9.51. The third-order valence-corrected chi connectivity index (χ3v) is 6.61. The smallest absolute Gasteiger partial charge is 0.298 e. The van der Waals surface area contributed by atoms with Gasteiger partial charge in [0, 0.05) is 17.2 Å². The van der Waals surface area contributed by atoms with Gasteiger partial charge in [-0.3, -0.25) is 19.7 Å². The lowest BCUT2D eigenvalue weighted by molar-refractivity contribution is -0.384. The van der Waals surface area contributed by atoms with Crippen LogP contribution in [-0.2, 0) is 11.4 Å². The fourth-order valence-electron chi connectivity index (χ4n) is 3.08. The molecule has 4 rings (SSSR count). The topological polar surface area (TPSA) is 89.7 Å². The predicted octanol–water partition coefficient (Wildman–Crippen LogP) is 6.67. The Balaban J connectivity index is 1.48. The van der Waals surface area contributed by atoms with Gasteiger partial charge >= 0.3 is 0 Å². The summed E-state index contributed by atoms with van der Waals surface area (Å²) >= 11 is 8.88. The van der Waals surface area contributed by atoms with Gasteiger partial charge in [0.15, 0.2) is 0 Å². The van der Waals surface area contributed by atoms with Crippen LogP contribution in [0.2, 0.25) is 5.02 Å². The van der Waals surface area contributed by atoms with E-state index in [1.54, 1.807) is 54.6 Å². The number of halogens is 2. The highest BCUT2D eigenvalue weighted by molar-refractivity contribution is 14.1. The molecule has 7 nitrogen and oxygen atoms in total. The van der Waals surface area contributed by atoms with Crippen LogP contribution in [0, 0.1) is 13.7 Å². The minimum Gasteiger partial charge on any atom is -0.488 e. The van der Waals surface area contributed by atoms with E-state index in [1.165, 1.54) is 12.1 Å². The van der Waals surface area contributed by atoms with E-state index in [0.717, 1.165) is 25.8 Å². The maximum atomic E-state index is 12.8. The Morgan fingerprint density at radius 3 is 2.55 bits per heavy atom. The predicted molar refractivity (Wildman–Crippen MR) is 136 cm³/mol. The van der Waals surface area contributed by atoms with Gasteiger partial charge in [0.2, 0.25) is 0 Å². The number of thioether (sulfide) groups is 1. The molecular weight excluding hydrogens is 579 g/mol. The number of benzene rings is 3. The van der Waals surface area contributed by atoms with E-state index in [4.69, 9.17) is 16.3 Å². The van der Waals surface area contributed by atoms with Gasteiger partial charge in [-0.2, -0.15) is 0 Å². The number of nitro groups is 1. The van der Waals surface area contributed by atoms with Crippen LogP contribution < -0.4 is 9.64 Å². The summed E-state index contributed by atoms with van der Waals surface area (Å²) in [5.41, 5.74) is 1.89. The van der Waals surface area contributed by atoms with Crippen molar-refractivity contribution in [2.24, 2.45) is 0 Å². The maximum Gasteiger partial charge on any atom is 0.298 e. The average molecular weight is 593 g/mol. The second-order valence-electron chi connectivity index (χ2n) is 6.90. The summed E-state index contributed by atoms with van der Waals surface area (Å²) in [6.45, 7) is 0.178. The van der Waals surface area contributed by atoms with E-state index in [9.17, 15) is 19.7 Å². The Bertz CT molecular complexity index is 1300.